The van der Waals surface area contributed by atoms with Crippen molar-refractivity contribution in [2.24, 2.45) is 0 Å². The maximum atomic E-state index is 13.0. The van der Waals surface area contributed by atoms with E-state index in [-0.39, 0.29) is 12.4 Å². The van der Waals surface area contributed by atoms with Crippen molar-refractivity contribution in [1.29, 1.82) is 0 Å². The summed E-state index contributed by atoms with van der Waals surface area (Å²) in [5.74, 6) is -0.791. The average Bonchev–Trinajstić information content (AvgIpc) is 2.73. The summed E-state index contributed by atoms with van der Waals surface area (Å²) in [6.07, 6.45) is 1.68. The molecule has 4 aromatic rings. The van der Waals surface area contributed by atoms with E-state index in [0.29, 0.717) is 33.4 Å². The van der Waals surface area contributed by atoms with E-state index in [9.17, 15) is 9.18 Å². The minimum atomic E-state index is -0.463. The molecule has 0 amide bonds. The number of carbonyl (C=O) groups is 1. The Labute approximate surface area is 155 Å². The number of esters is 1. The summed E-state index contributed by atoms with van der Waals surface area (Å²) >= 11 is 0. The van der Waals surface area contributed by atoms with Gasteiger partial charge in [-0.2, -0.15) is 0 Å². The molecule has 0 radical (unpaired) electrons. The summed E-state index contributed by atoms with van der Waals surface area (Å²) in [4.78, 5) is 21.7. The van der Waals surface area contributed by atoms with Gasteiger partial charge in [0, 0.05) is 11.6 Å². The van der Waals surface area contributed by atoms with Crippen LogP contribution in [0.3, 0.4) is 0 Å². The van der Waals surface area contributed by atoms with Gasteiger partial charge < -0.3 is 4.74 Å². The fourth-order valence-electron chi connectivity index (χ4n) is 2.80. The first kappa shape index (κ1) is 16.8. The largest absolute Gasteiger partial charge is 0.457 e. The zero-order valence-electron chi connectivity index (χ0n) is 14.3. The number of para-hydroxylation sites is 1. The SMILES string of the molecule is O=C(OCc1ccc(F)cc1)c1cc(-c2ccccn2)nc2ccccc12. The highest BCUT2D eigenvalue weighted by Crippen LogP contribution is 2.24. The summed E-state index contributed by atoms with van der Waals surface area (Å²) in [7, 11) is 0. The Morgan fingerprint density at radius 3 is 2.48 bits per heavy atom. The topological polar surface area (TPSA) is 52.1 Å². The van der Waals surface area contributed by atoms with E-state index in [2.05, 4.69) is 9.97 Å². The zero-order valence-corrected chi connectivity index (χ0v) is 14.3. The lowest BCUT2D eigenvalue weighted by Crippen LogP contribution is -2.07. The van der Waals surface area contributed by atoms with E-state index in [1.54, 1.807) is 24.4 Å². The summed E-state index contributed by atoms with van der Waals surface area (Å²) in [5, 5.41) is 0.710. The quantitative estimate of drug-likeness (QED) is 0.492. The number of hydrogen-bond acceptors (Lipinski definition) is 4. The van der Waals surface area contributed by atoms with Crippen LogP contribution in [0.1, 0.15) is 15.9 Å². The normalized spacial score (nSPS) is 10.7. The molecule has 2 aromatic heterocycles. The Bertz CT molecular complexity index is 1100. The molecule has 0 atom stereocenters. The smallest absolute Gasteiger partial charge is 0.339 e. The van der Waals surface area contributed by atoms with Crippen LogP contribution in [0, 0.1) is 5.82 Å². The molecule has 0 N–H and O–H groups in total. The lowest BCUT2D eigenvalue weighted by atomic mass is 10.1. The van der Waals surface area contributed by atoms with Crippen molar-refractivity contribution in [2.75, 3.05) is 0 Å². The van der Waals surface area contributed by atoms with Crippen LogP contribution in [-0.2, 0) is 11.3 Å². The number of fused-ring (bicyclic) bond motifs is 1. The van der Waals surface area contributed by atoms with Gasteiger partial charge >= 0.3 is 5.97 Å². The second-order valence-electron chi connectivity index (χ2n) is 5.99. The Balaban J connectivity index is 1.69. The number of carbonyl (C=O) groups excluding carboxylic acids is 1. The number of nitrogens with zero attached hydrogens (tertiary/aromatic N) is 2. The van der Waals surface area contributed by atoms with Gasteiger partial charge in [0.2, 0.25) is 0 Å². The Hall–Kier alpha value is -3.60. The lowest BCUT2D eigenvalue weighted by Gasteiger charge is -2.10. The third kappa shape index (κ3) is 3.67. The van der Waals surface area contributed by atoms with Crippen LogP contribution in [0.2, 0.25) is 0 Å². The number of halogens is 1. The lowest BCUT2D eigenvalue weighted by molar-refractivity contribution is 0.0475. The zero-order chi connectivity index (χ0) is 18.6. The third-order valence-corrected chi connectivity index (χ3v) is 4.15. The minimum absolute atomic E-state index is 0.0642. The molecular formula is C22H15FN2O2. The van der Waals surface area contributed by atoms with Gasteiger partial charge in [0.05, 0.1) is 22.5 Å². The van der Waals surface area contributed by atoms with Crippen molar-refractivity contribution in [3.05, 3.63) is 95.9 Å². The Kier molecular flexibility index (Phi) is 4.58. The van der Waals surface area contributed by atoms with E-state index in [1.807, 2.05) is 42.5 Å². The molecule has 0 spiro atoms. The Morgan fingerprint density at radius 1 is 0.926 bits per heavy atom. The van der Waals surface area contributed by atoms with Gasteiger partial charge in [-0.25, -0.2) is 14.2 Å². The van der Waals surface area contributed by atoms with Gasteiger partial charge in [-0.05, 0) is 42.0 Å². The van der Waals surface area contributed by atoms with Gasteiger partial charge in [0.1, 0.15) is 12.4 Å². The van der Waals surface area contributed by atoms with Crippen molar-refractivity contribution in [2.45, 2.75) is 6.61 Å². The predicted octanol–water partition coefficient (Wildman–Crippen LogP) is 4.79. The maximum Gasteiger partial charge on any atom is 0.339 e. The number of hydrogen-bond donors (Lipinski definition) is 0. The summed E-state index contributed by atoms with van der Waals surface area (Å²) in [5.41, 5.74) is 3.10. The highest BCUT2D eigenvalue weighted by molar-refractivity contribution is 6.04. The molecule has 132 valence electrons. The summed E-state index contributed by atoms with van der Waals surface area (Å²) in [6, 6.07) is 20.5. The first-order chi connectivity index (χ1) is 13.2. The molecule has 5 heteroatoms. The van der Waals surface area contributed by atoms with E-state index >= 15 is 0 Å². The van der Waals surface area contributed by atoms with Crippen LogP contribution in [0.4, 0.5) is 4.39 Å². The maximum absolute atomic E-state index is 13.0. The highest BCUT2D eigenvalue weighted by atomic mass is 19.1. The monoisotopic (exact) mass is 358 g/mol. The Morgan fingerprint density at radius 2 is 1.70 bits per heavy atom. The first-order valence-corrected chi connectivity index (χ1v) is 8.43. The molecule has 2 heterocycles. The number of aromatic nitrogens is 2. The van der Waals surface area contributed by atoms with Crippen molar-refractivity contribution >= 4 is 16.9 Å². The highest BCUT2D eigenvalue weighted by Gasteiger charge is 2.15. The average molecular weight is 358 g/mol. The van der Waals surface area contributed by atoms with Crippen molar-refractivity contribution < 1.29 is 13.9 Å². The second-order valence-corrected chi connectivity index (χ2v) is 5.99. The fraction of sp³-hybridized carbons (Fsp3) is 0.0455. The summed E-state index contributed by atoms with van der Waals surface area (Å²) < 4.78 is 18.5. The molecule has 0 saturated heterocycles. The number of rotatable bonds is 4. The van der Waals surface area contributed by atoms with Crippen LogP contribution >= 0.6 is 0 Å². The van der Waals surface area contributed by atoms with Gasteiger partial charge in [0.15, 0.2) is 0 Å². The molecule has 27 heavy (non-hydrogen) atoms. The standard InChI is InChI=1S/C22H15FN2O2/c23-16-10-8-15(9-11-16)14-27-22(26)18-13-21(20-7-3-4-12-24-20)25-19-6-2-1-5-17(18)19/h1-13H,14H2. The number of ether oxygens (including phenoxy) is 1. The van der Waals surface area contributed by atoms with Gasteiger partial charge in [-0.15, -0.1) is 0 Å². The van der Waals surface area contributed by atoms with Crippen LogP contribution < -0.4 is 0 Å². The van der Waals surface area contributed by atoms with Crippen molar-refractivity contribution in [3.8, 4) is 11.4 Å². The predicted molar refractivity (Wildman–Crippen MR) is 100 cm³/mol. The van der Waals surface area contributed by atoms with Crippen molar-refractivity contribution in [3.63, 3.8) is 0 Å². The van der Waals surface area contributed by atoms with Crippen LogP contribution in [-0.4, -0.2) is 15.9 Å². The molecule has 0 unspecified atom stereocenters. The van der Waals surface area contributed by atoms with Crippen LogP contribution in [0.15, 0.2) is 79.0 Å². The molecule has 4 nitrogen and oxygen atoms in total. The first-order valence-electron chi connectivity index (χ1n) is 8.43. The molecule has 0 aliphatic rings. The second kappa shape index (κ2) is 7.33. The van der Waals surface area contributed by atoms with Crippen molar-refractivity contribution in [1.82, 2.24) is 9.97 Å². The molecule has 2 aromatic carbocycles. The minimum Gasteiger partial charge on any atom is -0.457 e. The number of benzene rings is 2. The molecule has 0 aliphatic heterocycles. The molecule has 0 fully saturated rings. The van der Waals surface area contributed by atoms with E-state index in [4.69, 9.17) is 4.74 Å². The molecule has 0 saturated carbocycles. The van der Waals surface area contributed by atoms with Crippen LogP contribution in [0.5, 0.6) is 0 Å². The van der Waals surface area contributed by atoms with E-state index in [0.717, 1.165) is 0 Å². The molecule has 4 rings (SSSR count). The van der Waals surface area contributed by atoms with E-state index in [1.165, 1.54) is 12.1 Å². The summed E-state index contributed by atoms with van der Waals surface area (Å²) in [6.45, 7) is 0.0642. The third-order valence-electron chi connectivity index (χ3n) is 4.15. The molecular weight excluding hydrogens is 343 g/mol. The molecule has 0 aliphatic carbocycles. The van der Waals surface area contributed by atoms with Gasteiger partial charge in [-0.3, -0.25) is 4.98 Å². The van der Waals surface area contributed by atoms with Crippen LogP contribution in [0.25, 0.3) is 22.3 Å². The number of pyridine rings is 2. The van der Waals surface area contributed by atoms with E-state index < -0.39 is 5.97 Å². The van der Waals surface area contributed by atoms with Gasteiger partial charge in [-0.1, -0.05) is 36.4 Å². The fourth-order valence-corrected chi connectivity index (χ4v) is 2.80. The molecule has 0 bridgehead atoms. The van der Waals surface area contributed by atoms with Gasteiger partial charge in [0.25, 0.3) is 0 Å².